The molecule has 0 aliphatic rings. The van der Waals surface area contributed by atoms with Crippen molar-refractivity contribution < 1.29 is 22.3 Å². The summed E-state index contributed by atoms with van der Waals surface area (Å²) >= 11 is 0. The average Bonchev–Trinajstić information content (AvgIpc) is 2.85. The fourth-order valence-corrected chi connectivity index (χ4v) is 3.88. The summed E-state index contributed by atoms with van der Waals surface area (Å²) in [6.45, 7) is 1.95. The SMILES string of the molecule is COc1ccc(F)cc1CNCCCNc1ccnc2cc(-c3ccc(C(F)(F)F)cc3)ccc12.Cl. The Morgan fingerprint density at radius 3 is 2.36 bits per heavy atom. The van der Waals surface area contributed by atoms with Gasteiger partial charge in [-0.15, -0.1) is 12.4 Å². The van der Waals surface area contributed by atoms with Crippen molar-refractivity contribution in [3.05, 3.63) is 89.9 Å². The molecule has 0 fully saturated rings. The van der Waals surface area contributed by atoms with Gasteiger partial charge in [0.2, 0.25) is 0 Å². The van der Waals surface area contributed by atoms with E-state index in [1.165, 1.54) is 24.3 Å². The molecule has 1 heterocycles. The van der Waals surface area contributed by atoms with Gasteiger partial charge in [0, 0.05) is 35.9 Å². The molecule has 0 unspecified atom stereocenters. The van der Waals surface area contributed by atoms with Gasteiger partial charge in [-0.2, -0.15) is 13.2 Å². The summed E-state index contributed by atoms with van der Waals surface area (Å²) in [6, 6.07) is 17.1. The zero-order valence-electron chi connectivity index (χ0n) is 19.5. The van der Waals surface area contributed by atoms with Crippen molar-refractivity contribution in [1.82, 2.24) is 10.3 Å². The van der Waals surface area contributed by atoms with Crippen LogP contribution in [-0.2, 0) is 12.7 Å². The summed E-state index contributed by atoms with van der Waals surface area (Å²) < 4.78 is 57.2. The van der Waals surface area contributed by atoms with Crippen LogP contribution in [0.5, 0.6) is 5.75 Å². The maximum atomic E-state index is 13.5. The van der Waals surface area contributed by atoms with Gasteiger partial charge in [-0.1, -0.05) is 24.3 Å². The van der Waals surface area contributed by atoms with Crippen LogP contribution in [0.1, 0.15) is 17.5 Å². The first kappa shape index (κ1) is 27.2. The molecular weight excluding hydrogens is 494 g/mol. The lowest BCUT2D eigenvalue weighted by molar-refractivity contribution is -0.137. The molecule has 190 valence electrons. The Hall–Kier alpha value is -3.36. The van der Waals surface area contributed by atoms with E-state index in [9.17, 15) is 17.6 Å². The molecule has 0 aliphatic heterocycles. The second-order valence-corrected chi connectivity index (χ2v) is 8.08. The summed E-state index contributed by atoms with van der Waals surface area (Å²) in [7, 11) is 1.56. The van der Waals surface area contributed by atoms with Crippen molar-refractivity contribution in [3.63, 3.8) is 0 Å². The van der Waals surface area contributed by atoms with Crippen molar-refractivity contribution in [1.29, 1.82) is 0 Å². The smallest absolute Gasteiger partial charge is 0.416 e. The lowest BCUT2D eigenvalue weighted by atomic mass is 10.0. The van der Waals surface area contributed by atoms with E-state index in [-0.39, 0.29) is 18.2 Å². The third kappa shape index (κ3) is 6.65. The summed E-state index contributed by atoms with van der Waals surface area (Å²) in [5.74, 6) is 0.353. The van der Waals surface area contributed by atoms with Crippen molar-refractivity contribution in [3.8, 4) is 16.9 Å². The predicted molar refractivity (Wildman–Crippen MR) is 137 cm³/mol. The number of hydrogen-bond donors (Lipinski definition) is 2. The standard InChI is InChI=1S/C27H25F4N3O.ClH/c1-35-26-10-8-22(28)15-20(26)17-32-12-2-13-33-24-11-14-34-25-16-19(5-9-23(24)25)18-3-6-21(7-4-18)27(29,30)31;/h3-11,14-16,32H,2,12-13,17H2,1H3,(H,33,34);1H. The van der Waals surface area contributed by atoms with Gasteiger partial charge in [0.1, 0.15) is 11.6 Å². The summed E-state index contributed by atoms with van der Waals surface area (Å²) in [5, 5.41) is 7.64. The number of nitrogens with one attached hydrogen (secondary N) is 2. The predicted octanol–water partition coefficient (Wildman–Crippen LogP) is 7.08. The van der Waals surface area contributed by atoms with E-state index >= 15 is 0 Å². The molecule has 2 N–H and O–H groups in total. The van der Waals surface area contributed by atoms with Crippen LogP contribution in [0.3, 0.4) is 0 Å². The van der Waals surface area contributed by atoms with Crippen LogP contribution in [0.4, 0.5) is 23.2 Å². The molecule has 9 heteroatoms. The number of halogens is 5. The van der Waals surface area contributed by atoms with E-state index in [1.807, 2.05) is 24.3 Å². The van der Waals surface area contributed by atoms with E-state index in [1.54, 1.807) is 19.4 Å². The van der Waals surface area contributed by atoms with Gasteiger partial charge in [-0.05, 0) is 66.6 Å². The molecule has 1 aromatic heterocycles. The molecule has 0 bridgehead atoms. The van der Waals surface area contributed by atoms with Gasteiger partial charge in [-0.25, -0.2) is 4.39 Å². The fraction of sp³-hybridized carbons (Fsp3) is 0.222. The van der Waals surface area contributed by atoms with Crippen molar-refractivity contribution in [2.75, 3.05) is 25.5 Å². The van der Waals surface area contributed by atoms with Crippen LogP contribution >= 0.6 is 12.4 Å². The molecule has 4 aromatic rings. The van der Waals surface area contributed by atoms with Gasteiger partial charge >= 0.3 is 6.18 Å². The zero-order chi connectivity index (χ0) is 24.8. The number of hydrogen-bond acceptors (Lipinski definition) is 4. The highest BCUT2D eigenvalue weighted by molar-refractivity contribution is 5.93. The first-order valence-electron chi connectivity index (χ1n) is 11.2. The Bertz CT molecular complexity index is 1300. The molecular formula is C27H26ClF4N3O. The summed E-state index contributed by atoms with van der Waals surface area (Å²) in [4.78, 5) is 4.42. The third-order valence-electron chi connectivity index (χ3n) is 5.69. The summed E-state index contributed by atoms with van der Waals surface area (Å²) in [5.41, 5.74) is 3.28. The lowest BCUT2D eigenvalue weighted by Crippen LogP contribution is -2.18. The van der Waals surface area contributed by atoms with Crippen LogP contribution < -0.4 is 15.4 Å². The van der Waals surface area contributed by atoms with Gasteiger partial charge in [0.05, 0.1) is 18.2 Å². The number of pyridine rings is 1. The highest BCUT2D eigenvalue weighted by Gasteiger charge is 2.29. The maximum absolute atomic E-state index is 13.5. The van der Waals surface area contributed by atoms with E-state index in [0.717, 1.165) is 52.8 Å². The number of methoxy groups -OCH3 is 1. The number of rotatable bonds is 9. The van der Waals surface area contributed by atoms with Gasteiger partial charge in [-0.3, -0.25) is 4.98 Å². The number of benzene rings is 3. The highest BCUT2D eigenvalue weighted by atomic mass is 35.5. The molecule has 0 amide bonds. The van der Waals surface area contributed by atoms with Crippen LogP contribution in [0.15, 0.2) is 72.9 Å². The number of nitrogens with zero attached hydrogens (tertiary/aromatic N) is 1. The van der Waals surface area contributed by atoms with Crippen molar-refractivity contribution in [2.24, 2.45) is 0 Å². The average molecular weight is 520 g/mol. The molecule has 0 radical (unpaired) electrons. The van der Waals surface area contributed by atoms with Crippen LogP contribution in [-0.4, -0.2) is 25.2 Å². The molecule has 4 nitrogen and oxygen atoms in total. The monoisotopic (exact) mass is 519 g/mol. The maximum Gasteiger partial charge on any atom is 0.416 e. The number of fused-ring (bicyclic) bond motifs is 1. The second-order valence-electron chi connectivity index (χ2n) is 8.08. The van der Waals surface area contributed by atoms with Gasteiger partial charge < -0.3 is 15.4 Å². The Morgan fingerprint density at radius 1 is 0.889 bits per heavy atom. The number of anilines is 1. The molecule has 3 aromatic carbocycles. The first-order valence-corrected chi connectivity index (χ1v) is 11.2. The number of alkyl halides is 3. The molecule has 4 rings (SSSR count). The molecule has 0 atom stereocenters. The number of ether oxygens (including phenoxy) is 1. The lowest BCUT2D eigenvalue weighted by Gasteiger charge is -2.12. The zero-order valence-corrected chi connectivity index (χ0v) is 20.3. The van der Waals surface area contributed by atoms with Crippen molar-refractivity contribution in [2.45, 2.75) is 19.1 Å². The Balaban J connectivity index is 0.00000361. The molecule has 0 saturated heterocycles. The molecule has 0 spiro atoms. The number of aromatic nitrogens is 1. The van der Waals surface area contributed by atoms with Gasteiger partial charge in [0.25, 0.3) is 0 Å². The summed E-state index contributed by atoms with van der Waals surface area (Å²) in [6.07, 6.45) is -1.81. The van der Waals surface area contributed by atoms with Gasteiger partial charge in [0.15, 0.2) is 0 Å². The fourth-order valence-electron chi connectivity index (χ4n) is 3.88. The normalized spacial score (nSPS) is 11.2. The largest absolute Gasteiger partial charge is 0.496 e. The van der Waals surface area contributed by atoms with E-state index in [0.29, 0.717) is 24.4 Å². The minimum atomic E-state index is -4.36. The minimum Gasteiger partial charge on any atom is -0.496 e. The Kier molecular flexibility index (Phi) is 9.12. The highest BCUT2D eigenvalue weighted by Crippen LogP contribution is 2.32. The van der Waals surface area contributed by atoms with E-state index in [2.05, 4.69) is 15.6 Å². The quantitative estimate of drug-likeness (QED) is 0.183. The minimum absolute atomic E-state index is 0. The molecule has 0 saturated carbocycles. The first-order chi connectivity index (χ1) is 16.8. The topological polar surface area (TPSA) is 46.2 Å². The van der Waals surface area contributed by atoms with Crippen LogP contribution in [0.25, 0.3) is 22.0 Å². The van der Waals surface area contributed by atoms with E-state index < -0.39 is 11.7 Å². The Morgan fingerprint density at radius 2 is 1.64 bits per heavy atom. The van der Waals surface area contributed by atoms with Crippen LogP contribution in [0.2, 0.25) is 0 Å². The molecule has 0 aliphatic carbocycles. The van der Waals surface area contributed by atoms with Crippen LogP contribution in [0, 0.1) is 5.82 Å². The van der Waals surface area contributed by atoms with E-state index in [4.69, 9.17) is 4.74 Å². The Labute approximate surface area is 213 Å². The molecule has 36 heavy (non-hydrogen) atoms. The third-order valence-corrected chi connectivity index (χ3v) is 5.69. The van der Waals surface area contributed by atoms with Crippen molar-refractivity contribution >= 4 is 29.0 Å². The second kappa shape index (κ2) is 12.1.